The van der Waals surface area contributed by atoms with Crippen LogP contribution in [0.5, 0.6) is 0 Å². The number of aromatic nitrogens is 2. The van der Waals surface area contributed by atoms with Crippen molar-refractivity contribution in [2.45, 2.75) is 45.8 Å². The Morgan fingerprint density at radius 1 is 1.45 bits per heavy atom. The molecule has 2 rings (SSSR count). The van der Waals surface area contributed by atoms with E-state index in [-0.39, 0.29) is 5.92 Å². The molecule has 5 heteroatoms. The van der Waals surface area contributed by atoms with E-state index >= 15 is 0 Å². The van der Waals surface area contributed by atoms with Crippen molar-refractivity contribution in [1.29, 1.82) is 0 Å². The molecule has 1 aromatic rings. The minimum absolute atomic E-state index is 0.272. The molecular formula is C15H22N2O2S. The zero-order valence-electron chi connectivity index (χ0n) is 12.3. The fourth-order valence-electron chi connectivity index (χ4n) is 2.51. The summed E-state index contributed by atoms with van der Waals surface area (Å²) in [5.74, 6) is 2.54. The van der Waals surface area contributed by atoms with Crippen molar-refractivity contribution in [1.82, 2.24) is 9.97 Å². The molecule has 0 bridgehead atoms. The number of hydrogen-bond acceptors (Lipinski definition) is 4. The second kappa shape index (κ2) is 6.57. The number of carbonyl (C=O) groups is 1. The van der Waals surface area contributed by atoms with Gasteiger partial charge in [0.05, 0.1) is 11.7 Å². The van der Waals surface area contributed by atoms with Crippen LogP contribution in [-0.4, -0.2) is 26.8 Å². The molecule has 1 atom stereocenters. The van der Waals surface area contributed by atoms with E-state index in [1.54, 1.807) is 0 Å². The van der Waals surface area contributed by atoms with E-state index < -0.39 is 5.97 Å². The second-order valence-corrected chi connectivity index (χ2v) is 6.87. The Balaban J connectivity index is 2.10. The number of fused-ring (bicyclic) bond motifs is 1. The van der Waals surface area contributed by atoms with Crippen LogP contribution in [0.4, 0.5) is 0 Å². The lowest BCUT2D eigenvalue weighted by molar-refractivity contribution is -0.142. The van der Waals surface area contributed by atoms with Gasteiger partial charge in [0.1, 0.15) is 5.82 Å². The lowest BCUT2D eigenvalue weighted by Gasteiger charge is -2.22. The number of aliphatic carboxylic acids is 1. The number of aryl methyl sites for hydroxylation is 2. The van der Waals surface area contributed by atoms with Crippen LogP contribution in [0.1, 0.15) is 43.0 Å². The number of rotatable bonds is 5. The molecule has 20 heavy (non-hydrogen) atoms. The summed E-state index contributed by atoms with van der Waals surface area (Å²) in [6, 6.07) is 0. The first-order valence-corrected chi connectivity index (χ1v) is 8.28. The molecule has 0 fully saturated rings. The largest absolute Gasteiger partial charge is 0.481 e. The molecule has 0 amide bonds. The van der Waals surface area contributed by atoms with Gasteiger partial charge in [-0.1, -0.05) is 13.8 Å². The van der Waals surface area contributed by atoms with E-state index in [4.69, 9.17) is 5.11 Å². The molecule has 4 nitrogen and oxygen atoms in total. The van der Waals surface area contributed by atoms with E-state index in [0.717, 1.165) is 40.7 Å². The molecule has 1 unspecified atom stereocenters. The zero-order chi connectivity index (χ0) is 14.7. The third-order valence-electron chi connectivity index (χ3n) is 3.56. The standard InChI is InChI=1S/C15H22N2O2S/c1-9(2)7-20-8-14-16-10(3)12-6-11(15(18)19)4-5-13(12)17-14/h9,11H,4-8H2,1-3H3,(H,18,19). The van der Waals surface area contributed by atoms with Gasteiger partial charge in [0, 0.05) is 11.4 Å². The summed E-state index contributed by atoms with van der Waals surface area (Å²) >= 11 is 1.86. The van der Waals surface area contributed by atoms with Gasteiger partial charge >= 0.3 is 5.97 Å². The van der Waals surface area contributed by atoms with Gasteiger partial charge in [0.25, 0.3) is 0 Å². The minimum atomic E-state index is -0.702. The van der Waals surface area contributed by atoms with Crippen molar-refractivity contribution in [3.05, 3.63) is 22.8 Å². The molecule has 1 aliphatic carbocycles. The highest BCUT2D eigenvalue weighted by molar-refractivity contribution is 7.98. The molecule has 1 aliphatic rings. The smallest absolute Gasteiger partial charge is 0.306 e. The first-order valence-electron chi connectivity index (χ1n) is 7.13. The zero-order valence-corrected chi connectivity index (χ0v) is 13.2. The van der Waals surface area contributed by atoms with Gasteiger partial charge in [-0.2, -0.15) is 11.8 Å². The van der Waals surface area contributed by atoms with Gasteiger partial charge in [-0.05, 0) is 43.4 Å². The van der Waals surface area contributed by atoms with Crippen LogP contribution in [-0.2, 0) is 23.4 Å². The average molecular weight is 294 g/mol. The van der Waals surface area contributed by atoms with Gasteiger partial charge in [0.2, 0.25) is 0 Å². The molecule has 1 aromatic heterocycles. The van der Waals surface area contributed by atoms with Crippen molar-refractivity contribution < 1.29 is 9.90 Å². The Kier molecular flexibility index (Phi) is 5.02. The summed E-state index contributed by atoms with van der Waals surface area (Å²) < 4.78 is 0. The fraction of sp³-hybridized carbons (Fsp3) is 0.667. The van der Waals surface area contributed by atoms with Crippen molar-refractivity contribution in [3.63, 3.8) is 0 Å². The first kappa shape index (κ1) is 15.3. The molecule has 0 spiro atoms. The van der Waals surface area contributed by atoms with Crippen LogP contribution >= 0.6 is 11.8 Å². The van der Waals surface area contributed by atoms with Crippen LogP contribution in [0.25, 0.3) is 0 Å². The van der Waals surface area contributed by atoms with E-state index in [9.17, 15) is 4.79 Å². The van der Waals surface area contributed by atoms with E-state index in [1.807, 2.05) is 18.7 Å². The lowest BCUT2D eigenvalue weighted by atomic mass is 9.86. The number of carboxylic acid groups (broad SMARTS) is 1. The van der Waals surface area contributed by atoms with Crippen molar-refractivity contribution in [3.8, 4) is 0 Å². The van der Waals surface area contributed by atoms with E-state index in [2.05, 4.69) is 23.8 Å². The number of thioether (sulfide) groups is 1. The van der Waals surface area contributed by atoms with Crippen molar-refractivity contribution >= 4 is 17.7 Å². The van der Waals surface area contributed by atoms with Gasteiger partial charge in [0.15, 0.2) is 0 Å². The highest BCUT2D eigenvalue weighted by Gasteiger charge is 2.27. The Bertz CT molecular complexity index is 503. The summed E-state index contributed by atoms with van der Waals surface area (Å²) in [5, 5.41) is 9.13. The molecular weight excluding hydrogens is 272 g/mol. The monoisotopic (exact) mass is 294 g/mol. The molecule has 0 saturated carbocycles. The predicted octanol–water partition coefficient (Wildman–Crippen LogP) is 2.86. The maximum absolute atomic E-state index is 11.1. The van der Waals surface area contributed by atoms with Gasteiger partial charge in [-0.3, -0.25) is 4.79 Å². The molecule has 1 N–H and O–H groups in total. The highest BCUT2D eigenvalue weighted by Crippen LogP contribution is 2.27. The minimum Gasteiger partial charge on any atom is -0.481 e. The molecule has 1 heterocycles. The molecule has 0 radical (unpaired) electrons. The van der Waals surface area contributed by atoms with Crippen LogP contribution in [0.15, 0.2) is 0 Å². The van der Waals surface area contributed by atoms with Crippen molar-refractivity contribution in [2.24, 2.45) is 11.8 Å². The van der Waals surface area contributed by atoms with Crippen LogP contribution in [0, 0.1) is 18.8 Å². The average Bonchev–Trinajstić information content (AvgIpc) is 2.37. The van der Waals surface area contributed by atoms with Crippen LogP contribution < -0.4 is 0 Å². The van der Waals surface area contributed by atoms with Gasteiger partial charge in [-0.15, -0.1) is 0 Å². The van der Waals surface area contributed by atoms with E-state index in [1.165, 1.54) is 0 Å². The fourth-order valence-corrected chi connectivity index (χ4v) is 3.41. The van der Waals surface area contributed by atoms with E-state index in [0.29, 0.717) is 18.8 Å². The highest BCUT2D eigenvalue weighted by atomic mass is 32.2. The molecule has 0 aromatic carbocycles. The topological polar surface area (TPSA) is 63.1 Å². The predicted molar refractivity (Wildman–Crippen MR) is 80.9 cm³/mol. The normalized spacial score (nSPS) is 18.1. The Labute approximate surface area is 124 Å². The van der Waals surface area contributed by atoms with Gasteiger partial charge < -0.3 is 5.11 Å². The maximum atomic E-state index is 11.1. The third kappa shape index (κ3) is 3.72. The van der Waals surface area contributed by atoms with Crippen LogP contribution in [0.3, 0.4) is 0 Å². The summed E-state index contributed by atoms with van der Waals surface area (Å²) in [7, 11) is 0. The molecule has 0 aliphatic heterocycles. The molecule has 0 saturated heterocycles. The lowest BCUT2D eigenvalue weighted by Crippen LogP contribution is -2.24. The summed E-state index contributed by atoms with van der Waals surface area (Å²) in [5.41, 5.74) is 3.08. The molecule has 110 valence electrons. The summed E-state index contributed by atoms with van der Waals surface area (Å²) in [4.78, 5) is 20.3. The number of carboxylic acids is 1. The third-order valence-corrected chi connectivity index (χ3v) is 4.92. The van der Waals surface area contributed by atoms with Gasteiger partial charge in [-0.25, -0.2) is 9.97 Å². The number of nitrogens with zero attached hydrogens (tertiary/aromatic N) is 2. The quantitative estimate of drug-likeness (QED) is 0.904. The summed E-state index contributed by atoms with van der Waals surface area (Å²) in [6.07, 6.45) is 2.03. The Morgan fingerprint density at radius 3 is 2.85 bits per heavy atom. The summed E-state index contributed by atoms with van der Waals surface area (Å²) in [6.45, 7) is 6.39. The van der Waals surface area contributed by atoms with Crippen LogP contribution in [0.2, 0.25) is 0 Å². The SMILES string of the molecule is Cc1nc(CSCC(C)C)nc2c1CC(C(=O)O)CC2. The Hall–Kier alpha value is -1.10. The van der Waals surface area contributed by atoms with Crippen molar-refractivity contribution in [2.75, 3.05) is 5.75 Å². The number of hydrogen-bond donors (Lipinski definition) is 1. The second-order valence-electron chi connectivity index (χ2n) is 5.84. The Morgan fingerprint density at radius 2 is 2.20 bits per heavy atom. The first-order chi connectivity index (χ1) is 9.47. The maximum Gasteiger partial charge on any atom is 0.306 e.